The first-order chi connectivity index (χ1) is 5.02. The number of aliphatic hydroxyl groups excluding tert-OH is 1. The van der Waals surface area contributed by atoms with E-state index in [4.69, 9.17) is 5.11 Å². The summed E-state index contributed by atoms with van der Waals surface area (Å²) in [4.78, 5) is 0. The Kier molecular flexibility index (Phi) is 4.43. The van der Waals surface area contributed by atoms with E-state index in [1.54, 1.807) is 0 Å². The number of hydrogen-bond donors (Lipinski definition) is 1. The zero-order valence-electron chi connectivity index (χ0n) is 7.93. The van der Waals surface area contributed by atoms with Crippen LogP contribution in [0.5, 0.6) is 0 Å². The molecular weight excluding hydrogens is 136 g/mol. The summed E-state index contributed by atoms with van der Waals surface area (Å²) in [6, 6.07) is 0. The molecule has 0 aromatic rings. The van der Waals surface area contributed by atoms with E-state index in [1.807, 2.05) is 6.08 Å². The van der Waals surface area contributed by atoms with Crippen molar-refractivity contribution in [1.29, 1.82) is 0 Å². The minimum Gasteiger partial charge on any atom is -0.396 e. The predicted molar refractivity (Wildman–Crippen MR) is 49.5 cm³/mol. The van der Waals surface area contributed by atoms with Crippen molar-refractivity contribution in [3.05, 3.63) is 12.7 Å². The number of allylic oxidation sites excluding steroid dienone is 1. The molecule has 0 amide bonds. The van der Waals surface area contributed by atoms with E-state index in [1.165, 1.54) is 0 Å². The van der Waals surface area contributed by atoms with Crippen LogP contribution in [-0.2, 0) is 0 Å². The highest BCUT2D eigenvalue weighted by Crippen LogP contribution is 2.23. The average molecular weight is 156 g/mol. The molecule has 0 saturated heterocycles. The molecule has 0 aliphatic carbocycles. The van der Waals surface area contributed by atoms with Gasteiger partial charge < -0.3 is 5.11 Å². The van der Waals surface area contributed by atoms with Gasteiger partial charge in [0.15, 0.2) is 0 Å². The smallest absolute Gasteiger partial charge is 0.0482 e. The molecule has 66 valence electrons. The first kappa shape index (κ1) is 10.7. The maximum atomic E-state index is 8.95. The molecule has 1 N–H and O–H groups in total. The van der Waals surface area contributed by atoms with Crippen LogP contribution in [0.3, 0.4) is 0 Å². The second-order valence-corrected chi connectivity index (χ2v) is 4.07. The van der Waals surface area contributed by atoms with Crippen LogP contribution in [0.25, 0.3) is 0 Å². The summed E-state index contributed by atoms with van der Waals surface area (Å²) in [6.45, 7) is 10.3. The highest BCUT2D eigenvalue weighted by Gasteiger charge is 2.16. The summed E-state index contributed by atoms with van der Waals surface area (Å²) in [5.74, 6) is 0.570. The Hall–Kier alpha value is -0.300. The van der Waals surface area contributed by atoms with Gasteiger partial charge >= 0.3 is 0 Å². The lowest BCUT2D eigenvalue weighted by molar-refractivity contribution is 0.145. The minimum absolute atomic E-state index is 0.0806. The molecule has 1 unspecified atom stereocenters. The van der Waals surface area contributed by atoms with Crippen molar-refractivity contribution in [2.24, 2.45) is 11.3 Å². The topological polar surface area (TPSA) is 20.2 Å². The monoisotopic (exact) mass is 156 g/mol. The first-order valence-corrected chi connectivity index (χ1v) is 4.25. The molecular formula is C10H20O. The van der Waals surface area contributed by atoms with Crippen molar-refractivity contribution in [3.8, 4) is 0 Å². The molecule has 11 heavy (non-hydrogen) atoms. The molecule has 0 fully saturated rings. The third kappa shape index (κ3) is 5.02. The van der Waals surface area contributed by atoms with Gasteiger partial charge in [-0.15, -0.1) is 6.58 Å². The van der Waals surface area contributed by atoms with Crippen LogP contribution in [0.4, 0.5) is 0 Å². The van der Waals surface area contributed by atoms with Crippen LogP contribution >= 0.6 is 0 Å². The standard InChI is InChI=1S/C10H20O/c1-5-9(2)6-7-10(3,4)8-11/h5,9,11H,1,6-8H2,2-4H3. The molecule has 0 aromatic heterocycles. The molecule has 1 nitrogen and oxygen atoms in total. The van der Waals surface area contributed by atoms with Gasteiger partial charge in [0.2, 0.25) is 0 Å². The summed E-state index contributed by atoms with van der Waals surface area (Å²) >= 11 is 0. The van der Waals surface area contributed by atoms with Gasteiger partial charge in [-0.1, -0.05) is 26.8 Å². The molecule has 0 spiro atoms. The average Bonchev–Trinajstić information content (AvgIpc) is 2.00. The zero-order chi connectivity index (χ0) is 8.91. The maximum absolute atomic E-state index is 8.95. The largest absolute Gasteiger partial charge is 0.396 e. The van der Waals surface area contributed by atoms with Gasteiger partial charge in [-0.05, 0) is 24.2 Å². The first-order valence-electron chi connectivity index (χ1n) is 4.25. The highest BCUT2D eigenvalue weighted by molar-refractivity contribution is 4.77. The normalized spacial score (nSPS) is 14.5. The van der Waals surface area contributed by atoms with Crippen molar-refractivity contribution < 1.29 is 5.11 Å². The van der Waals surface area contributed by atoms with E-state index in [2.05, 4.69) is 27.4 Å². The number of aliphatic hydroxyl groups is 1. The summed E-state index contributed by atoms with van der Waals surface area (Å²) in [5, 5.41) is 8.95. The zero-order valence-corrected chi connectivity index (χ0v) is 7.93. The van der Waals surface area contributed by atoms with Gasteiger partial charge in [-0.3, -0.25) is 0 Å². The van der Waals surface area contributed by atoms with E-state index >= 15 is 0 Å². The Bertz CT molecular complexity index is 116. The quantitative estimate of drug-likeness (QED) is 0.607. The van der Waals surface area contributed by atoms with Crippen LogP contribution < -0.4 is 0 Å². The van der Waals surface area contributed by atoms with E-state index < -0.39 is 0 Å². The molecule has 0 saturated carbocycles. The Morgan fingerprint density at radius 3 is 2.45 bits per heavy atom. The van der Waals surface area contributed by atoms with E-state index in [0.29, 0.717) is 5.92 Å². The van der Waals surface area contributed by atoms with Crippen molar-refractivity contribution in [2.75, 3.05) is 6.61 Å². The second kappa shape index (κ2) is 4.55. The van der Waals surface area contributed by atoms with Crippen LogP contribution in [-0.4, -0.2) is 11.7 Å². The third-order valence-corrected chi connectivity index (χ3v) is 2.11. The van der Waals surface area contributed by atoms with Crippen molar-refractivity contribution in [1.82, 2.24) is 0 Å². The fourth-order valence-corrected chi connectivity index (χ4v) is 0.815. The van der Waals surface area contributed by atoms with Crippen molar-refractivity contribution in [3.63, 3.8) is 0 Å². The molecule has 1 heteroatoms. The Balaban J connectivity index is 3.60. The predicted octanol–water partition coefficient (Wildman–Crippen LogP) is 2.61. The van der Waals surface area contributed by atoms with Crippen molar-refractivity contribution >= 4 is 0 Å². The molecule has 0 bridgehead atoms. The lowest BCUT2D eigenvalue weighted by Crippen LogP contribution is -2.17. The SMILES string of the molecule is C=CC(C)CCC(C)(C)CO. The lowest BCUT2D eigenvalue weighted by atomic mass is 9.86. The van der Waals surface area contributed by atoms with E-state index in [0.717, 1.165) is 12.8 Å². The summed E-state index contributed by atoms with van der Waals surface area (Å²) < 4.78 is 0. The Morgan fingerprint density at radius 1 is 1.55 bits per heavy atom. The van der Waals surface area contributed by atoms with Gasteiger partial charge in [0.1, 0.15) is 0 Å². The fraction of sp³-hybridized carbons (Fsp3) is 0.800. The molecule has 1 atom stereocenters. The van der Waals surface area contributed by atoms with E-state index in [-0.39, 0.29) is 12.0 Å². The maximum Gasteiger partial charge on any atom is 0.0482 e. The fourth-order valence-electron chi connectivity index (χ4n) is 0.815. The summed E-state index contributed by atoms with van der Waals surface area (Å²) in [6.07, 6.45) is 4.15. The summed E-state index contributed by atoms with van der Waals surface area (Å²) in [5.41, 5.74) is 0.0806. The van der Waals surface area contributed by atoms with E-state index in [9.17, 15) is 0 Å². The number of hydrogen-bond acceptors (Lipinski definition) is 1. The van der Waals surface area contributed by atoms with Crippen LogP contribution in [0, 0.1) is 11.3 Å². The Morgan fingerprint density at radius 2 is 2.09 bits per heavy atom. The van der Waals surface area contributed by atoms with Gasteiger partial charge in [0.25, 0.3) is 0 Å². The second-order valence-electron chi connectivity index (χ2n) is 4.07. The van der Waals surface area contributed by atoms with Crippen LogP contribution in [0.1, 0.15) is 33.6 Å². The van der Waals surface area contributed by atoms with Crippen LogP contribution in [0.2, 0.25) is 0 Å². The molecule has 0 aliphatic heterocycles. The highest BCUT2D eigenvalue weighted by atomic mass is 16.3. The van der Waals surface area contributed by atoms with Crippen LogP contribution in [0.15, 0.2) is 12.7 Å². The Labute approximate surface area is 70.1 Å². The third-order valence-electron chi connectivity index (χ3n) is 2.11. The minimum atomic E-state index is 0.0806. The molecule has 0 heterocycles. The summed E-state index contributed by atoms with van der Waals surface area (Å²) in [7, 11) is 0. The number of rotatable bonds is 5. The molecule has 0 rings (SSSR count). The lowest BCUT2D eigenvalue weighted by Gasteiger charge is -2.22. The van der Waals surface area contributed by atoms with Gasteiger partial charge in [0.05, 0.1) is 0 Å². The molecule has 0 radical (unpaired) electrons. The van der Waals surface area contributed by atoms with Gasteiger partial charge in [0, 0.05) is 6.61 Å². The van der Waals surface area contributed by atoms with Gasteiger partial charge in [-0.25, -0.2) is 0 Å². The molecule has 0 aliphatic rings. The van der Waals surface area contributed by atoms with Gasteiger partial charge in [-0.2, -0.15) is 0 Å². The van der Waals surface area contributed by atoms with Crippen molar-refractivity contribution in [2.45, 2.75) is 33.6 Å². The molecule has 0 aromatic carbocycles.